The van der Waals surface area contributed by atoms with E-state index in [0.717, 1.165) is 12.0 Å². The van der Waals surface area contributed by atoms with Crippen molar-refractivity contribution in [2.75, 3.05) is 26.2 Å². The predicted molar refractivity (Wildman–Crippen MR) is 82.4 cm³/mol. The van der Waals surface area contributed by atoms with Crippen molar-refractivity contribution in [1.29, 1.82) is 0 Å². The van der Waals surface area contributed by atoms with Crippen LogP contribution in [0.5, 0.6) is 0 Å². The Hall–Kier alpha value is -1.75. The van der Waals surface area contributed by atoms with Crippen molar-refractivity contribution < 1.29 is 14.3 Å². The molecule has 1 aromatic rings. The second-order valence-corrected chi connectivity index (χ2v) is 4.97. The number of nitrogens with zero attached hydrogens (tertiary/aromatic N) is 1. The van der Waals surface area contributed by atoms with Gasteiger partial charge in [-0.25, -0.2) is 4.79 Å². The highest BCUT2D eigenvalue weighted by Gasteiger charge is 2.09. The first-order chi connectivity index (χ1) is 10.0. The van der Waals surface area contributed by atoms with Crippen molar-refractivity contribution in [1.82, 2.24) is 10.2 Å². The Morgan fingerprint density at radius 2 is 1.90 bits per heavy atom. The van der Waals surface area contributed by atoms with E-state index in [9.17, 15) is 9.59 Å². The van der Waals surface area contributed by atoms with Crippen molar-refractivity contribution in [3.8, 4) is 0 Å². The number of amides is 2. The van der Waals surface area contributed by atoms with E-state index in [-0.39, 0.29) is 5.91 Å². The number of halogens is 1. The first-order valence-corrected chi connectivity index (χ1v) is 7.31. The Labute approximate surface area is 130 Å². The first-order valence-electron chi connectivity index (χ1n) is 6.93. The summed E-state index contributed by atoms with van der Waals surface area (Å²) in [6, 6.07) is 7.55. The van der Waals surface area contributed by atoms with Gasteiger partial charge in [0.2, 0.25) is 5.91 Å². The van der Waals surface area contributed by atoms with Crippen LogP contribution in [0.2, 0.25) is 5.02 Å². The van der Waals surface area contributed by atoms with Crippen LogP contribution in [-0.4, -0.2) is 43.1 Å². The SMILES string of the molecule is CCOC(=O)NCCN(CCc1ccc(Cl)cc1)C(C)=O. The van der Waals surface area contributed by atoms with Crippen LogP contribution < -0.4 is 5.32 Å². The number of carbonyl (C=O) groups excluding carboxylic acids is 2. The van der Waals surface area contributed by atoms with Crippen LogP contribution in [0.25, 0.3) is 0 Å². The van der Waals surface area contributed by atoms with Crippen LogP contribution in [0.1, 0.15) is 19.4 Å². The molecule has 0 unspecified atom stereocenters. The molecule has 0 aliphatic rings. The fourth-order valence-corrected chi connectivity index (χ4v) is 1.94. The summed E-state index contributed by atoms with van der Waals surface area (Å²) in [4.78, 5) is 24.4. The van der Waals surface area contributed by atoms with Crippen molar-refractivity contribution in [2.45, 2.75) is 20.3 Å². The van der Waals surface area contributed by atoms with Gasteiger partial charge in [-0.3, -0.25) is 4.79 Å². The molecule has 0 heterocycles. The van der Waals surface area contributed by atoms with Gasteiger partial charge in [0, 0.05) is 31.6 Å². The predicted octanol–water partition coefficient (Wildman–Crippen LogP) is 2.48. The number of nitrogens with one attached hydrogen (secondary N) is 1. The number of carbonyl (C=O) groups is 2. The van der Waals surface area contributed by atoms with Crippen molar-refractivity contribution >= 4 is 23.6 Å². The number of ether oxygens (including phenoxy) is 1. The van der Waals surface area contributed by atoms with E-state index in [0.29, 0.717) is 31.3 Å². The molecule has 21 heavy (non-hydrogen) atoms. The van der Waals surface area contributed by atoms with Crippen LogP contribution in [0.4, 0.5) is 4.79 Å². The van der Waals surface area contributed by atoms with Gasteiger partial charge < -0.3 is 15.0 Å². The van der Waals surface area contributed by atoms with E-state index in [2.05, 4.69) is 5.32 Å². The van der Waals surface area contributed by atoms with Gasteiger partial charge in [-0.2, -0.15) is 0 Å². The summed E-state index contributed by atoms with van der Waals surface area (Å²) in [5.74, 6) is -0.0189. The molecule has 0 spiro atoms. The third kappa shape index (κ3) is 6.99. The highest BCUT2D eigenvalue weighted by molar-refractivity contribution is 6.30. The van der Waals surface area contributed by atoms with Gasteiger partial charge in [-0.15, -0.1) is 0 Å². The molecule has 0 saturated heterocycles. The molecule has 5 nitrogen and oxygen atoms in total. The van der Waals surface area contributed by atoms with Crippen molar-refractivity contribution in [3.05, 3.63) is 34.9 Å². The molecule has 116 valence electrons. The van der Waals surface area contributed by atoms with Crippen LogP contribution in [0.15, 0.2) is 24.3 Å². The topological polar surface area (TPSA) is 58.6 Å². The lowest BCUT2D eigenvalue weighted by atomic mass is 10.1. The van der Waals surface area contributed by atoms with Gasteiger partial charge in [0.1, 0.15) is 0 Å². The van der Waals surface area contributed by atoms with E-state index in [1.54, 1.807) is 11.8 Å². The van der Waals surface area contributed by atoms with E-state index >= 15 is 0 Å². The summed E-state index contributed by atoms with van der Waals surface area (Å²) >= 11 is 5.83. The average molecular weight is 313 g/mol. The van der Waals surface area contributed by atoms with Crippen LogP contribution in [0, 0.1) is 0 Å². The molecule has 0 radical (unpaired) electrons. The maximum absolute atomic E-state index is 11.6. The number of benzene rings is 1. The molecule has 2 amide bonds. The second-order valence-electron chi connectivity index (χ2n) is 4.53. The number of hydrogen-bond acceptors (Lipinski definition) is 3. The zero-order valence-corrected chi connectivity index (χ0v) is 13.2. The quantitative estimate of drug-likeness (QED) is 0.841. The first kappa shape index (κ1) is 17.3. The zero-order chi connectivity index (χ0) is 15.7. The number of alkyl carbamates (subject to hydrolysis) is 1. The summed E-state index contributed by atoms with van der Waals surface area (Å²) in [6.45, 7) is 5.03. The molecule has 1 N–H and O–H groups in total. The Bertz CT molecular complexity index is 462. The lowest BCUT2D eigenvalue weighted by Gasteiger charge is -2.21. The molecular formula is C15H21ClN2O3. The standard InChI is InChI=1S/C15H21ClN2O3/c1-3-21-15(20)17-9-11-18(12(2)19)10-8-13-4-6-14(16)7-5-13/h4-7H,3,8-11H2,1-2H3,(H,17,20). The molecule has 0 aromatic heterocycles. The molecule has 6 heteroatoms. The third-order valence-electron chi connectivity index (χ3n) is 2.96. The minimum Gasteiger partial charge on any atom is -0.450 e. The Morgan fingerprint density at radius 1 is 1.24 bits per heavy atom. The summed E-state index contributed by atoms with van der Waals surface area (Å²) < 4.78 is 4.76. The Balaban J connectivity index is 2.38. The molecule has 1 rings (SSSR count). The van der Waals surface area contributed by atoms with Crippen LogP contribution >= 0.6 is 11.6 Å². The summed E-state index contributed by atoms with van der Waals surface area (Å²) in [5, 5.41) is 3.30. The average Bonchev–Trinajstić information content (AvgIpc) is 2.44. The Morgan fingerprint density at radius 3 is 2.48 bits per heavy atom. The summed E-state index contributed by atoms with van der Waals surface area (Å²) in [7, 11) is 0. The maximum atomic E-state index is 11.6. The minimum atomic E-state index is -0.460. The molecule has 0 aliphatic heterocycles. The molecular weight excluding hydrogens is 292 g/mol. The monoisotopic (exact) mass is 312 g/mol. The summed E-state index contributed by atoms with van der Waals surface area (Å²) in [6.07, 6.45) is 0.287. The van der Waals surface area contributed by atoms with Gasteiger partial charge in [-0.05, 0) is 31.0 Å². The lowest BCUT2D eigenvalue weighted by molar-refractivity contribution is -0.128. The number of hydrogen-bond donors (Lipinski definition) is 1. The highest BCUT2D eigenvalue weighted by Crippen LogP contribution is 2.10. The fraction of sp³-hybridized carbons (Fsp3) is 0.467. The molecule has 0 saturated carbocycles. The normalized spacial score (nSPS) is 10.0. The number of rotatable bonds is 7. The highest BCUT2D eigenvalue weighted by atomic mass is 35.5. The zero-order valence-electron chi connectivity index (χ0n) is 12.4. The maximum Gasteiger partial charge on any atom is 0.407 e. The van der Waals surface area contributed by atoms with E-state index < -0.39 is 6.09 Å². The third-order valence-corrected chi connectivity index (χ3v) is 3.21. The fourth-order valence-electron chi connectivity index (χ4n) is 1.82. The van der Waals surface area contributed by atoms with E-state index in [4.69, 9.17) is 16.3 Å². The van der Waals surface area contributed by atoms with Crippen LogP contribution in [0.3, 0.4) is 0 Å². The van der Waals surface area contributed by atoms with E-state index in [1.165, 1.54) is 6.92 Å². The molecule has 0 fully saturated rings. The van der Waals surface area contributed by atoms with Gasteiger partial charge in [-0.1, -0.05) is 23.7 Å². The molecule has 0 bridgehead atoms. The van der Waals surface area contributed by atoms with Gasteiger partial charge in [0.25, 0.3) is 0 Å². The minimum absolute atomic E-state index is 0.0189. The lowest BCUT2D eigenvalue weighted by Crippen LogP contribution is -2.38. The molecule has 0 aliphatic carbocycles. The van der Waals surface area contributed by atoms with Gasteiger partial charge >= 0.3 is 6.09 Å². The Kier molecular flexibility index (Phi) is 7.61. The molecule has 0 atom stereocenters. The van der Waals surface area contributed by atoms with Crippen molar-refractivity contribution in [2.24, 2.45) is 0 Å². The largest absolute Gasteiger partial charge is 0.450 e. The van der Waals surface area contributed by atoms with Gasteiger partial charge in [0.15, 0.2) is 0 Å². The van der Waals surface area contributed by atoms with Crippen LogP contribution in [-0.2, 0) is 16.0 Å². The van der Waals surface area contributed by atoms with E-state index in [1.807, 2.05) is 24.3 Å². The molecule has 1 aromatic carbocycles. The van der Waals surface area contributed by atoms with Crippen molar-refractivity contribution in [3.63, 3.8) is 0 Å². The second kappa shape index (κ2) is 9.23. The summed E-state index contributed by atoms with van der Waals surface area (Å²) in [5.41, 5.74) is 1.11. The van der Waals surface area contributed by atoms with Gasteiger partial charge in [0.05, 0.1) is 6.61 Å². The smallest absolute Gasteiger partial charge is 0.407 e.